The molecule has 1 atom stereocenters. The maximum Gasteiger partial charge on any atom is 0.410 e. The Hall–Kier alpha value is -1.13. The van der Waals surface area contributed by atoms with E-state index in [1.807, 2.05) is 32.9 Å². The highest BCUT2D eigenvalue weighted by molar-refractivity contribution is 6.36. The van der Waals surface area contributed by atoms with E-state index in [-0.39, 0.29) is 12.1 Å². The van der Waals surface area contributed by atoms with E-state index in [0.29, 0.717) is 29.7 Å². The van der Waals surface area contributed by atoms with Crippen molar-refractivity contribution >= 4 is 35.0 Å². The molecule has 1 aliphatic heterocycles. The highest BCUT2D eigenvalue weighted by Gasteiger charge is 2.30. The molecule has 6 heteroatoms. The maximum atomic E-state index is 12.2. The van der Waals surface area contributed by atoms with E-state index in [0.717, 1.165) is 5.69 Å². The number of amides is 1. The van der Waals surface area contributed by atoms with Crippen LogP contribution < -0.4 is 4.90 Å². The molecule has 1 amide bonds. The summed E-state index contributed by atoms with van der Waals surface area (Å²) in [4.78, 5) is 16.1. The Bertz CT molecular complexity index is 558. The minimum atomic E-state index is -0.475. The first-order valence-electron chi connectivity index (χ1n) is 7.37. The molecule has 1 aromatic carbocycles. The van der Waals surface area contributed by atoms with E-state index >= 15 is 0 Å². The van der Waals surface area contributed by atoms with Gasteiger partial charge in [0.15, 0.2) is 0 Å². The number of halogens is 2. The van der Waals surface area contributed by atoms with Gasteiger partial charge in [0, 0.05) is 30.7 Å². The number of benzene rings is 1. The largest absolute Gasteiger partial charge is 0.444 e. The summed E-state index contributed by atoms with van der Waals surface area (Å²) >= 11 is 12.2. The number of nitrogens with zero attached hydrogens (tertiary/aromatic N) is 2. The van der Waals surface area contributed by atoms with Gasteiger partial charge in [-0.2, -0.15) is 0 Å². The average Bonchev–Trinajstić information content (AvgIpc) is 2.37. The van der Waals surface area contributed by atoms with Crippen LogP contribution in [0.4, 0.5) is 10.5 Å². The third-order valence-electron chi connectivity index (χ3n) is 3.50. The Morgan fingerprint density at radius 1 is 1.27 bits per heavy atom. The van der Waals surface area contributed by atoms with E-state index in [1.165, 1.54) is 0 Å². The lowest BCUT2D eigenvalue weighted by Gasteiger charge is -2.41. The van der Waals surface area contributed by atoms with Gasteiger partial charge in [0.1, 0.15) is 5.60 Å². The molecule has 0 aliphatic carbocycles. The van der Waals surface area contributed by atoms with Crippen LogP contribution in [0.3, 0.4) is 0 Å². The van der Waals surface area contributed by atoms with Crippen LogP contribution in [-0.2, 0) is 4.74 Å². The molecule has 1 heterocycles. The molecule has 1 aromatic rings. The molecular weight excluding hydrogens is 323 g/mol. The van der Waals surface area contributed by atoms with Crippen molar-refractivity contribution in [2.75, 3.05) is 24.5 Å². The van der Waals surface area contributed by atoms with Crippen molar-refractivity contribution in [3.63, 3.8) is 0 Å². The first-order chi connectivity index (χ1) is 10.2. The van der Waals surface area contributed by atoms with Crippen LogP contribution in [0, 0.1) is 0 Å². The van der Waals surface area contributed by atoms with E-state index in [1.54, 1.807) is 11.0 Å². The number of rotatable bonds is 1. The maximum absolute atomic E-state index is 12.2. The predicted molar refractivity (Wildman–Crippen MR) is 91.1 cm³/mol. The standard InChI is InChI=1S/C16H22Cl2N2O2/c1-11-10-19(15(21)22-16(2,3)4)7-8-20(11)14-6-5-12(17)9-13(14)18/h5-6,9,11H,7-8,10H2,1-4H3. The summed E-state index contributed by atoms with van der Waals surface area (Å²) in [6, 6.07) is 5.64. The van der Waals surface area contributed by atoms with Crippen molar-refractivity contribution in [1.82, 2.24) is 4.90 Å². The molecule has 2 rings (SSSR count). The van der Waals surface area contributed by atoms with Crippen LogP contribution in [0.15, 0.2) is 18.2 Å². The zero-order valence-corrected chi connectivity index (χ0v) is 14.9. The van der Waals surface area contributed by atoms with Crippen LogP contribution in [0.5, 0.6) is 0 Å². The molecule has 0 bridgehead atoms. The number of anilines is 1. The van der Waals surface area contributed by atoms with Crippen LogP contribution in [0.25, 0.3) is 0 Å². The zero-order valence-electron chi connectivity index (χ0n) is 13.4. The third-order valence-corrected chi connectivity index (χ3v) is 4.04. The molecule has 0 spiro atoms. The van der Waals surface area contributed by atoms with Gasteiger partial charge in [-0.3, -0.25) is 0 Å². The molecule has 1 aliphatic rings. The predicted octanol–water partition coefficient (Wildman–Crippen LogP) is 4.44. The molecule has 0 radical (unpaired) electrons. The molecule has 1 saturated heterocycles. The lowest BCUT2D eigenvalue weighted by molar-refractivity contribution is 0.0219. The van der Waals surface area contributed by atoms with Crippen molar-refractivity contribution in [2.24, 2.45) is 0 Å². The van der Waals surface area contributed by atoms with E-state index in [9.17, 15) is 4.79 Å². The smallest absolute Gasteiger partial charge is 0.410 e. The topological polar surface area (TPSA) is 32.8 Å². The molecule has 0 N–H and O–H groups in total. The second kappa shape index (κ2) is 6.55. The van der Waals surface area contributed by atoms with Gasteiger partial charge in [0.25, 0.3) is 0 Å². The molecule has 22 heavy (non-hydrogen) atoms. The Balaban J connectivity index is 2.05. The summed E-state index contributed by atoms with van der Waals surface area (Å²) in [5.41, 5.74) is 0.471. The number of ether oxygens (including phenoxy) is 1. The molecule has 0 saturated carbocycles. The summed E-state index contributed by atoms with van der Waals surface area (Å²) < 4.78 is 5.43. The van der Waals surface area contributed by atoms with E-state index in [4.69, 9.17) is 27.9 Å². The third kappa shape index (κ3) is 4.20. The normalized spacial score (nSPS) is 19.3. The van der Waals surface area contributed by atoms with Gasteiger partial charge in [-0.25, -0.2) is 4.79 Å². The molecule has 122 valence electrons. The Morgan fingerprint density at radius 3 is 2.50 bits per heavy atom. The molecule has 1 fully saturated rings. The Morgan fingerprint density at radius 2 is 1.95 bits per heavy atom. The van der Waals surface area contributed by atoms with Crippen LogP contribution in [0.1, 0.15) is 27.7 Å². The quantitative estimate of drug-likeness (QED) is 0.754. The molecular formula is C16H22Cl2N2O2. The van der Waals surface area contributed by atoms with Gasteiger partial charge < -0.3 is 14.5 Å². The fourth-order valence-corrected chi connectivity index (χ4v) is 3.04. The SMILES string of the molecule is CC1CN(C(=O)OC(C)(C)C)CCN1c1ccc(Cl)cc1Cl. The van der Waals surface area contributed by atoms with Gasteiger partial charge >= 0.3 is 6.09 Å². The summed E-state index contributed by atoms with van der Waals surface area (Å²) in [5, 5.41) is 1.25. The Labute approximate surface area is 141 Å². The van der Waals surface area contributed by atoms with Crippen molar-refractivity contribution < 1.29 is 9.53 Å². The number of hydrogen-bond donors (Lipinski definition) is 0. The fraction of sp³-hybridized carbons (Fsp3) is 0.562. The minimum absolute atomic E-state index is 0.153. The minimum Gasteiger partial charge on any atom is -0.444 e. The van der Waals surface area contributed by atoms with Crippen molar-refractivity contribution in [1.29, 1.82) is 0 Å². The Kier molecular flexibility index (Phi) is 5.13. The van der Waals surface area contributed by atoms with E-state index in [2.05, 4.69) is 11.8 Å². The monoisotopic (exact) mass is 344 g/mol. The lowest BCUT2D eigenvalue weighted by atomic mass is 10.1. The van der Waals surface area contributed by atoms with Crippen LogP contribution in [-0.4, -0.2) is 42.3 Å². The van der Waals surface area contributed by atoms with Crippen LogP contribution in [0.2, 0.25) is 10.0 Å². The average molecular weight is 345 g/mol. The van der Waals surface area contributed by atoms with Crippen LogP contribution >= 0.6 is 23.2 Å². The summed E-state index contributed by atoms with van der Waals surface area (Å²) in [6.07, 6.45) is -0.263. The van der Waals surface area contributed by atoms with Crippen molar-refractivity contribution in [2.45, 2.75) is 39.3 Å². The number of carbonyl (C=O) groups is 1. The number of carbonyl (C=O) groups excluding carboxylic acids is 1. The van der Waals surface area contributed by atoms with Gasteiger partial charge in [0.2, 0.25) is 0 Å². The van der Waals surface area contributed by atoms with Crippen molar-refractivity contribution in [3.05, 3.63) is 28.2 Å². The van der Waals surface area contributed by atoms with Crippen molar-refractivity contribution in [3.8, 4) is 0 Å². The first kappa shape index (κ1) is 17.2. The molecule has 4 nitrogen and oxygen atoms in total. The van der Waals surface area contributed by atoms with Gasteiger partial charge in [-0.1, -0.05) is 23.2 Å². The fourth-order valence-electron chi connectivity index (χ4n) is 2.52. The highest BCUT2D eigenvalue weighted by Crippen LogP contribution is 2.31. The van der Waals surface area contributed by atoms with E-state index < -0.39 is 5.60 Å². The number of hydrogen-bond acceptors (Lipinski definition) is 3. The zero-order chi connectivity index (χ0) is 16.5. The van der Waals surface area contributed by atoms with Gasteiger partial charge in [0.05, 0.1) is 10.7 Å². The highest BCUT2D eigenvalue weighted by atomic mass is 35.5. The van der Waals surface area contributed by atoms with Gasteiger partial charge in [-0.05, 0) is 45.9 Å². The molecule has 1 unspecified atom stereocenters. The molecule has 0 aromatic heterocycles. The summed E-state index contributed by atoms with van der Waals surface area (Å²) in [5.74, 6) is 0. The summed E-state index contributed by atoms with van der Waals surface area (Å²) in [6.45, 7) is 9.61. The second-order valence-electron chi connectivity index (χ2n) is 6.56. The summed E-state index contributed by atoms with van der Waals surface area (Å²) in [7, 11) is 0. The van der Waals surface area contributed by atoms with Gasteiger partial charge in [-0.15, -0.1) is 0 Å². The number of piperazine rings is 1. The second-order valence-corrected chi connectivity index (χ2v) is 7.41. The first-order valence-corrected chi connectivity index (χ1v) is 8.12. The lowest BCUT2D eigenvalue weighted by Crippen LogP contribution is -2.54.